The molecule has 22 heavy (non-hydrogen) atoms. The van der Waals surface area contributed by atoms with Gasteiger partial charge in [-0.2, -0.15) is 0 Å². The molecule has 0 radical (unpaired) electrons. The maximum atomic E-state index is 12.1. The molecule has 118 valence electrons. The van der Waals surface area contributed by atoms with Crippen LogP contribution in [0.2, 0.25) is 0 Å². The normalized spacial score (nSPS) is 17.4. The molecule has 1 aromatic rings. The van der Waals surface area contributed by atoms with Crippen LogP contribution in [0.25, 0.3) is 0 Å². The molecule has 7 heteroatoms. The minimum Gasteiger partial charge on any atom is -0.495 e. The lowest BCUT2D eigenvalue weighted by molar-refractivity contribution is -0.130. The maximum absolute atomic E-state index is 12.1. The number of nitrogens with one attached hydrogen (secondary N) is 2. The van der Waals surface area contributed by atoms with Gasteiger partial charge in [0.15, 0.2) is 0 Å². The highest BCUT2D eigenvalue weighted by atomic mass is 16.5. The highest BCUT2D eigenvalue weighted by Crippen LogP contribution is 2.23. The van der Waals surface area contributed by atoms with Crippen molar-refractivity contribution in [2.45, 2.75) is 25.8 Å². The average molecular weight is 305 g/mol. The summed E-state index contributed by atoms with van der Waals surface area (Å²) in [5.74, 6) is -0.302. The van der Waals surface area contributed by atoms with E-state index in [4.69, 9.17) is 4.74 Å². The number of anilines is 1. The van der Waals surface area contributed by atoms with Crippen LogP contribution in [0, 0.1) is 0 Å². The van der Waals surface area contributed by atoms with Crippen molar-refractivity contribution in [2.24, 2.45) is 0 Å². The summed E-state index contributed by atoms with van der Waals surface area (Å²) in [4.78, 5) is 36.8. The third kappa shape index (κ3) is 3.36. The minimum absolute atomic E-state index is 0.317. The van der Waals surface area contributed by atoms with Crippen molar-refractivity contribution in [3.63, 3.8) is 0 Å². The Morgan fingerprint density at radius 2 is 2.09 bits per heavy atom. The molecule has 1 saturated heterocycles. The van der Waals surface area contributed by atoms with Crippen LogP contribution in [-0.2, 0) is 9.59 Å². The molecule has 1 fully saturated rings. The molecule has 0 spiro atoms. The molecule has 7 nitrogen and oxygen atoms in total. The number of ether oxygens (including phenoxy) is 1. The SMILES string of the molecule is CCC[C@H]1NC(=O)N(CC(=O)Nc2ccccc2OC)C1=O. The lowest BCUT2D eigenvalue weighted by Gasteiger charge is -2.14. The first kappa shape index (κ1) is 15.8. The average Bonchev–Trinajstić information content (AvgIpc) is 2.76. The standard InChI is InChI=1S/C15H19N3O4/c1-3-6-11-14(20)18(15(21)17-11)9-13(19)16-10-7-4-5-8-12(10)22-2/h4-5,7-8,11H,3,6,9H2,1-2H3,(H,16,19)(H,17,21)/t11-/m1/s1. The molecule has 1 aliphatic rings. The van der Waals surface area contributed by atoms with Crippen LogP contribution in [-0.4, -0.2) is 42.4 Å². The van der Waals surface area contributed by atoms with Crippen molar-refractivity contribution >= 4 is 23.5 Å². The van der Waals surface area contributed by atoms with Crippen LogP contribution in [0.5, 0.6) is 5.75 Å². The number of nitrogens with zero attached hydrogens (tertiary/aromatic N) is 1. The zero-order chi connectivity index (χ0) is 16.1. The molecule has 0 aromatic heterocycles. The summed E-state index contributed by atoms with van der Waals surface area (Å²) in [6.45, 7) is 1.61. The summed E-state index contributed by atoms with van der Waals surface area (Å²) in [7, 11) is 1.50. The summed E-state index contributed by atoms with van der Waals surface area (Å²) in [5, 5.41) is 5.22. The topological polar surface area (TPSA) is 87.7 Å². The molecule has 1 aliphatic heterocycles. The van der Waals surface area contributed by atoms with E-state index in [2.05, 4.69) is 10.6 Å². The van der Waals surface area contributed by atoms with Gasteiger partial charge >= 0.3 is 6.03 Å². The third-order valence-corrected chi connectivity index (χ3v) is 3.37. The van der Waals surface area contributed by atoms with E-state index in [0.717, 1.165) is 11.3 Å². The number of hydrogen-bond acceptors (Lipinski definition) is 4. The molecular formula is C15H19N3O4. The van der Waals surface area contributed by atoms with Crippen LogP contribution >= 0.6 is 0 Å². The second kappa shape index (κ2) is 6.93. The number of carbonyl (C=O) groups is 3. The van der Waals surface area contributed by atoms with Gasteiger partial charge in [0.05, 0.1) is 12.8 Å². The van der Waals surface area contributed by atoms with Crippen LogP contribution < -0.4 is 15.4 Å². The Hall–Kier alpha value is -2.57. The van der Waals surface area contributed by atoms with Gasteiger partial charge in [-0.05, 0) is 18.6 Å². The Morgan fingerprint density at radius 3 is 2.77 bits per heavy atom. The van der Waals surface area contributed by atoms with E-state index in [1.807, 2.05) is 6.92 Å². The number of imide groups is 1. The molecular weight excluding hydrogens is 286 g/mol. The van der Waals surface area contributed by atoms with Crippen molar-refractivity contribution in [2.75, 3.05) is 19.0 Å². The molecule has 2 rings (SSSR count). The second-order valence-corrected chi connectivity index (χ2v) is 4.96. The van der Waals surface area contributed by atoms with Gasteiger partial charge in [-0.25, -0.2) is 4.79 Å². The number of carbonyl (C=O) groups excluding carboxylic acids is 3. The molecule has 2 N–H and O–H groups in total. The fourth-order valence-electron chi connectivity index (χ4n) is 2.29. The minimum atomic E-state index is -0.531. The van der Waals surface area contributed by atoms with Gasteiger partial charge < -0.3 is 15.4 Å². The Balaban J connectivity index is 2.00. The van der Waals surface area contributed by atoms with E-state index in [-0.39, 0.29) is 12.5 Å². The Morgan fingerprint density at radius 1 is 1.36 bits per heavy atom. The Bertz CT molecular complexity index is 588. The van der Waals surface area contributed by atoms with Crippen LogP contribution in [0.1, 0.15) is 19.8 Å². The highest BCUT2D eigenvalue weighted by molar-refractivity contribution is 6.08. The Labute approximate surface area is 128 Å². The molecule has 1 atom stereocenters. The van der Waals surface area contributed by atoms with Crippen LogP contribution in [0.15, 0.2) is 24.3 Å². The van der Waals surface area contributed by atoms with Crippen molar-refractivity contribution in [3.8, 4) is 5.75 Å². The smallest absolute Gasteiger partial charge is 0.325 e. The summed E-state index contributed by atoms with van der Waals surface area (Å²) < 4.78 is 5.13. The Kier molecular flexibility index (Phi) is 4.98. The number of benzene rings is 1. The van der Waals surface area contributed by atoms with Gasteiger partial charge in [0.1, 0.15) is 18.3 Å². The van der Waals surface area contributed by atoms with Gasteiger partial charge in [0, 0.05) is 0 Å². The number of amides is 4. The molecule has 0 bridgehead atoms. The van der Waals surface area contributed by atoms with Crippen molar-refractivity contribution in [1.82, 2.24) is 10.2 Å². The van der Waals surface area contributed by atoms with E-state index >= 15 is 0 Å². The third-order valence-electron chi connectivity index (χ3n) is 3.37. The van der Waals surface area contributed by atoms with Gasteiger partial charge in [-0.15, -0.1) is 0 Å². The first-order valence-electron chi connectivity index (χ1n) is 7.11. The fourth-order valence-corrected chi connectivity index (χ4v) is 2.29. The lowest BCUT2D eigenvalue weighted by atomic mass is 10.2. The van der Waals surface area contributed by atoms with Gasteiger partial charge in [0.25, 0.3) is 5.91 Å². The summed E-state index contributed by atoms with van der Waals surface area (Å²) >= 11 is 0. The summed E-state index contributed by atoms with van der Waals surface area (Å²) in [6.07, 6.45) is 1.34. The largest absolute Gasteiger partial charge is 0.495 e. The van der Waals surface area contributed by atoms with Gasteiger partial charge in [0.2, 0.25) is 5.91 Å². The number of hydrogen-bond donors (Lipinski definition) is 2. The first-order valence-corrected chi connectivity index (χ1v) is 7.11. The monoisotopic (exact) mass is 305 g/mol. The van der Waals surface area contributed by atoms with E-state index in [9.17, 15) is 14.4 Å². The van der Waals surface area contributed by atoms with Crippen LogP contribution in [0.3, 0.4) is 0 Å². The number of urea groups is 1. The van der Waals surface area contributed by atoms with Crippen molar-refractivity contribution < 1.29 is 19.1 Å². The van der Waals surface area contributed by atoms with Gasteiger partial charge in [-0.3, -0.25) is 14.5 Å². The van der Waals surface area contributed by atoms with E-state index < -0.39 is 18.0 Å². The molecule has 1 aromatic carbocycles. The first-order chi connectivity index (χ1) is 10.6. The molecule has 0 aliphatic carbocycles. The fraction of sp³-hybridized carbons (Fsp3) is 0.400. The number of rotatable bonds is 6. The number of para-hydroxylation sites is 2. The zero-order valence-electron chi connectivity index (χ0n) is 12.6. The van der Waals surface area contributed by atoms with E-state index in [1.165, 1.54) is 7.11 Å². The quantitative estimate of drug-likeness (QED) is 0.777. The molecule has 1 heterocycles. The summed E-state index contributed by atoms with van der Waals surface area (Å²) in [5.41, 5.74) is 0.493. The van der Waals surface area contributed by atoms with Gasteiger partial charge in [-0.1, -0.05) is 25.5 Å². The highest BCUT2D eigenvalue weighted by Gasteiger charge is 2.38. The molecule has 4 amide bonds. The van der Waals surface area contributed by atoms with Crippen molar-refractivity contribution in [1.29, 1.82) is 0 Å². The lowest BCUT2D eigenvalue weighted by Crippen LogP contribution is -2.38. The number of methoxy groups -OCH3 is 1. The summed E-state index contributed by atoms with van der Waals surface area (Å²) in [6, 6.07) is 5.86. The van der Waals surface area contributed by atoms with E-state index in [0.29, 0.717) is 17.9 Å². The molecule has 0 saturated carbocycles. The van der Waals surface area contributed by atoms with Crippen molar-refractivity contribution in [3.05, 3.63) is 24.3 Å². The van der Waals surface area contributed by atoms with Crippen LogP contribution in [0.4, 0.5) is 10.5 Å². The predicted octanol–water partition coefficient (Wildman–Crippen LogP) is 1.35. The van der Waals surface area contributed by atoms with E-state index in [1.54, 1.807) is 24.3 Å². The maximum Gasteiger partial charge on any atom is 0.325 e. The molecule has 0 unspecified atom stereocenters. The zero-order valence-corrected chi connectivity index (χ0v) is 12.6. The second-order valence-electron chi connectivity index (χ2n) is 4.96. The predicted molar refractivity (Wildman–Crippen MR) is 80.6 cm³/mol.